The SMILES string of the molecule is CC1(C)OB(C=Cc2ccc(N3CCOCC3)cc2)OC1(C)C. The van der Waals surface area contributed by atoms with Crippen molar-refractivity contribution in [1.29, 1.82) is 0 Å². The Bertz CT molecular complexity index is 546. The van der Waals surface area contributed by atoms with Crippen LogP contribution in [0.3, 0.4) is 0 Å². The lowest BCUT2D eigenvalue weighted by molar-refractivity contribution is 0.00578. The van der Waals surface area contributed by atoms with Gasteiger partial charge in [0.25, 0.3) is 0 Å². The first-order valence-electron chi connectivity index (χ1n) is 8.34. The highest BCUT2D eigenvalue weighted by atomic mass is 16.7. The summed E-state index contributed by atoms with van der Waals surface area (Å²) >= 11 is 0. The third-order valence-corrected chi connectivity index (χ3v) is 4.99. The van der Waals surface area contributed by atoms with Gasteiger partial charge in [-0.25, -0.2) is 0 Å². The summed E-state index contributed by atoms with van der Waals surface area (Å²) < 4.78 is 17.3. The van der Waals surface area contributed by atoms with Crippen LogP contribution in [0.15, 0.2) is 30.2 Å². The second kappa shape index (κ2) is 6.31. The number of nitrogens with zero attached hydrogens (tertiary/aromatic N) is 1. The molecule has 4 nitrogen and oxygen atoms in total. The summed E-state index contributed by atoms with van der Waals surface area (Å²) in [5.74, 6) is 1.99. The lowest BCUT2D eigenvalue weighted by atomic mass is 9.89. The Labute approximate surface area is 139 Å². The summed E-state index contributed by atoms with van der Waals surface area (Å²) in [5, 5.41) is 0. The second-order valence-corrected chi connectivity index (χ2v) is 7.17. The predicted octanol–water partition coefficient (Wildman–Crippen LogP) is 3.17. The highest BCUT2D eigenvalue weighted by molar-refractivity contribution is 6.52. The molecular weight excluding hydrogens is 289 g/mol. The Kier molecular flexibility index (Phi) is 4.54. The molecule has 0 N–H and O–H groups in total. The molecule has 2 fully saturated rings. The van der Waals surface area contributed by atoms with E-state index in [4.69, 9.17) is 14.0 Å². The van der Waals surface area contributed by atoms with Gasteiger partial charge in [-0.2, -0.15) is 0 Å². The van der Waals surface area contributed by atoms with Gasteiger partial charge in [0.2, 0.25) is 0 Å². The Balaban J connectivity index is 1.62. The van der Waals surface area contributed by atoms with Gasteiger partial charge < -0.3 is 18.9 Å². The van der Waals surface area contributed by atoms with Crippen molar-refractivity contribution in [3.05, 3.63) is 35.8 Å². The largest absolute Gasteiger partial charge is 0.487 e. The van der Waals surface area contributed by atoms with Crippen molar-refractivity contribution in [1.82, 2.24) is 0 Å². The average molecular weight is 315 g/mol. The zero-order valence-electron chi connectivity index (χ0n) is 14.5. The van der Waals surface area contributed by atoms with E-state index in [-0.39, 0.29) is 18.3 Å². The lowest BCUT2D eigenvalue weighted by Crippen LogP contribution is -2.41. The first-order chi connectivity index (χ1) is 10.9. The van der Waals surface area contributed by atoms with Crippen molar-refractivity contribution in [2.75, 3.05) is 31.2 Å². The predicted molar refractivity (Wildman–Crippen MR) is 94.6 cm³/mol. The molecule has 0 radical (unpaired) electrons. The number of morpholine rings is 1. The maximum Gasteiger partial charge on any atom is 0.487 e. The minimum Gasteiger partial charge on any atom is -0.400 e. The Hall–Kier alpha value is -1.30. The fourth-order valence-corrected chi connectivity index (χ4v) is 2.77. The number of ether oxygens (including phenoxy) is 1. The van der Waals surface area contributed by atoms with Crippen LogP contribution in [0.5, 0.6) is 0 Å². The van der Waals surface area contributed by atoms with E-state index in [1.807, 2.05) is 5.98 Å². The van der Waals surface area contributed by atoms with E-state index >= 15 is 0 Å². The van der Waals surface area contributed by atoms with E-state index in [0.29, 0.717) is 0 Å². The Morgan fingerprint density at radius 3 is 2.09 bits per heavy atom. The molecule has 0 saturated carbocycles. The van der Waals surface area contributed by atoms with Gasteiger partial charge in [0.1, 0.15) is 0 Å². The third kappa shape index (κ3) is 3.62. The molecule has 0 amide bonds. The topological polar surface area (TPSA) is 30.9 Å². The smallest absolute Gasteiger partial charge is 0.400 e. The van der Waals surface area contributed by atoms with Crippen molar-refractivity contribution in [3.63, 3.8) is 0 Å². The summed E-state index contributed by atoms with van der Waals surface area (Å²) in [6, 6.07) is 8.59. The number of benzene rings is 1. The zero-order chi connectivity index (χ0) is 16.5. The summed E-state index contributed by atoms with van der Waals surface area (Å²) in [4.78, 5) is 2.35. The lowest BCUT2D eigenvalue weighted by Gasteiger charge is -2.32. The first-order valence-corrected chi connectivity index (χ1v) is 8.34. The van der Waals surface area contributed by atoms with Crippen LogP contribution in [0, 0.1) is 0 Å². The van der Waals surface area contributed by atoms with Gasteiger partial charge in [-0.3, -0.25) is 0 Å². The molecule has 2 aliphatic heterocycles. The molecule has 3 rings (SSSR count). The second-order valence-electron chi connectivity index (χ2n) is 7.17. The normalized spacial score (nSPS) is 23.7. The molecule has 2 aliphatic rings. The first kappa shape index (κ1) is 16.6. The van der Waals surface area contributed by atoms with Crippen LogP contribution in [0.4, 0.5) is 5.69 Å². The van der Waals surface area contributed by atoms with Crippen LogP contribution in [-0.2, 0) is 14.0 Å². The Morgan fingerprint density at radius 2 is 1.52 bits per heavy atom. The van der Waals surface area contributed by atoms with Gasteiger partial charge in [0.15, 0.2) is 0 Å². The van der Waals surface area contributed by atoms with Crippen LogP contribution < -0.4 is 4.90 Å². The standard InChI is InChI=1S/C18H26BNO3/c1-17(2)18(3,4)23-19(22-17)10-9-15-5-7-16(8-6-15)20-11-13-21-14-12-20/h5-10H,11-14H2,1-4H3. The molecule has 0 bridgehead atoms. The van der Waals surface area contributed by atoms with Crippen LogP contribution in [0.2, 0.25) is 0 Å². The van der Waals surface area contributed by atoms with Gasteiger partial charge in [-0.15, -0.1) is 0 Å². The third-order valence-electron chi connectivity index (χ3n) is 4.99. The van der Waals surface area contributed by atoms with Gasteiger partial charge >= 0.3 is 7.12 Å². The van der Waals surface area contributed by atoms with Crippen molar-refractivity contribution in [2.24, 2.45) is 0 Å². The molecule has 0 atom stereocenters. The zero-order valence-corrected chi connectivity index (χ0v) is 14.5. The molecule has 124 valence electrons. The maximum absolute atomic E-state index is 5.97. The number of anilines is 1. The summed E-state index contributed by atoms with van der Waals surface area (Å²) in [5.41, 5.74) is 1.82. The molecule has 23 heavy (non-hydrogen) atoms. The molecular formula is C18H26BNO3. The van der Waals surface area contributed by atoms with Crippen molar-refractivity contribution < 1.29 is 14.0 Å². The summed E-state index contributed by atoms with van der Waals surface area (Å²) in [7, 11) is -0.293. The highest BCUT2D eigenvalue weighted by Gasteiger charge is 2.49. The molecule has 0 unspecified atom stereocenters. The van der Waals surface area contributed by atoms with Crippen LogP contribution in [-0.4, -0.2) is 44.6 Å². The van der Waals surface area contributed by atoms with Crippen LogP contribution in [0.1, 0.15) is 33.3 Å². The molecule has 1 aromatic rings. The van der Waals surface area contributed by atoms with Gasteiger partial charge in [-0.05, 0) is 45.4 Å². The molecule has 0 aromatic heterocycles. The average Bonchev–Trinajstić information content (AvgIpc) is 2.74. The summed E-state index contributed by atoms with van der Waals surface area (Å²) in [6.07, 6.45) is 2.06. The van der Waals surface area contributed by atoms with E-state index in [1.165, 1.54) is 5.69 Å². The Morgan fingerprint density at radius 1 is 0.957 bits per heavy atom. The molecule has 2 heterocycles. The highest BCUT2D eigenvalue weighted by Crippen LogP contribution is 2.37. The molecule has 5 heteroatoms. The maximum atomic E-state index is 5.97. The van der Waals surface area contributed by atoms with E-state index < -0.39 is 0 Å². The number of rotatable bonds is 3. The molecule has 2 saturated heterocycles. The van der Waals surface area contributed by atoms with E-state index in [1.54, 1.807) is 0 Å². The minimum absolute atomic E-state index is 0.289. The van der Waals surface area contributed by atoms with Crippen molar-refractivity contribution in [3.8, 4) is 0 Å². The van der Waals surface area contributed by atoms with Crippen LogP contribution in [0.25, 0.3) is 6.08 Å². The number of hydrogen-bond acceptors (Lipinski definition) is 4. The van der Waals surface area contributed by atoms with Crippen molar-refractivity contribution in [2.45, 2.75) is 38.9 Å². The molecule has 0 spiro atoms. The van der Waals surface area contributed by atoms with Crippen molar-refractivity contribution >= 4 is 18.9 Å². The van der Waals surface area contributed by atoms with Gasteiger partial charge in [0.05, 0.1) is 24.4 Å². The van der Waals surface area contributed by atoms with E-state index in [2.05, 4.69) is 62.9 Å². The van der Waals surface area contributed by atoms with E-state index in [9.17, 15) is 0 Å². The van der Waals surface area contributed by atoms with Crippen LogP contribution >= 0.6 is 0 Å². The molecule has 0 aliphatic carbocycles. The van der Waals surface area contributed by atoms with E-state index in [0.717, 1.165) is 31.9 Å². The minimum atomic E-state index is -0.293. The fraction of sp³-hybridized carbons (Fsp3) is 0.556. The monoisotopic (exact) mass is 315 g/mol. The summed E-state index contributed by atoms with van der Waals surface area (Å²) in [6.45, 7) is 11.8. The fourth-order valence-electron chi connectivity index (χ4n) is 2.77. The van der Waals surface area contributed by atoms with Gasteiger partial charge in [0, 0.05) is 18.8 Å². The molecule has 1 aromatic carbocycles. The van der Waals surface area contributed by atoms with Gasteiger partial charge in [-0.1, -0.05) is 24.2 Å². The number of hydrogen-bond donors (Lipinski definition) is 0. The quantitative estimate of drug-likeness (QED) is 0.802.